The van der Waals surface area contributed by atoms with Crippen molar-refractivity contribution >= 4 is 17.5 Å². The summed E-state index contributed by atoms with van der Waals surface area (Å²) in [6, 6.07) is 7.66. The molecule has 0 fully saturated rings. The average Bonchev–Trinajstić information content (AvgIpc) is 2.29. The highest BCUT2D eigenvalue weighted by Gasteiger charge is 2.04. The number of hydrogen-bond donors (Lipinski definition) is 2. The second-order valence-electron chi connectivity index (χ2n) is 4.26. The van der Waals surface area contributed by atoms with Gasteiger partial charge in [-0.1, -0.05) is 23.7 Å². The van der Waals surface area contributed by atoms with Crippen LogP contribution in [0.5, 0.6) is 0 Å². The molecular weight excluding hydrogens is 250 g/mol. The van der Waals surface area contributed by atoms with Crippen LogP contribution in [0.2, 0.25) is 5.02 Å². The Labute approximate surface area is 113 Å². The van der Waals surface area contributed by atoms with Gasteiger partial charge in [0.15, 0.2) is 0 Å². The average molecular weight is 270 g/mol. The molecular formula is C13H20ClN3O. The standard InChI is InChI=1S/C13H20ClN3O/c1-17(8-6-15)10-13(18)16-7-5-11-3-2-4-12(14)9-11/h2-4,9H,5-8,10,15H2,1H3,(H,16,18). The Morgan fingerprint density at radius 3 is 2.94 bits per heavy atom. The first-order valence-electron chi connectivity index (χ1n) is 6.01. The summed E-state index contributed by atoms with van der Waals surface area (Å²) in [5.41, 5.74) is 6.53. The SMILES string of the molecule is CN(CCN)CC(=O)NCCc1cccc(Cl)c1. The molecule has 18 heavy (non-hydrogen) atoms. The summed E-state index contributed by atoms with van der Waals surface area (Å²) in [7, 11) is 1.88. The second-order valence-corrected chi connectivity index (χ2v) is 4.69. The lowest BCUT2D eigenvalue weighted by atomic mass is 10.1. The first kappa shape index (κ1) is 15.0. The summed E-state index contributed by atoms with van der Waals surface area (Å²) in [6.45, 7) is 2.29. The monoisotopic (exact) mass is 269 g/mol. The molecule has 0 aliphatic rings. The predicted octanol–water partition coefficient (Wildman–Crippen LogP) is 0.889. The van der Waals surface area contributed by atoms with Crippen molar-refractivity contribution in [2.75, 3.05) is 33.2 Å². The van der Waals surface area contributed by atoms with Crippen molar-refractivity contribution in [2.45, 2.75) is 6.42 Å². The van der Waals surface area contributed by atoms with E-state index in [0.717, 1.165) is 23.6 Å². The van der Waals surface area contributed by atoms with E-state index < -0.39 is 0 Å². The maximum atomic E-state index is 11.6. The van der Waals surface area contributed by atoms with Gasteiger partial charge < -0.3 is 11.1 Å². The molecule has 4 nitrogen and oxygen atoms in total. The van der Waals surface area contributed by atoms with Crippen LogP contribution in [0.15, 0.2) is 24.3 Å². The highest BCUT2D eigenvalue weighted by atomic mass is 35.5. The van der Waals surface area contributed by atoms with Crippen LogP contribution < -0.4 is 11.1 Å². The van der Waals surface area contributed by atoms with Gasteiger partial charge in [0.25, 0.3) is 0 Å². The molecule has 1 aromatic rings. The van der Waals surface area contributed by atoms with Crippen LogP contribution in [0.3, 0.4) is 0 Å². The quantitative estimate of drug-likeness (QED) is 0.773. The third kappa shape index (κ3) is 6.00. The van der Waals surface area contributed by atoms with Gasteiger partial charge in [-0.2, -0.15) is 0 Å². The van der Waals surface area contributed by atoms with Crippen LogP contribution in [0.25, 0.3) is 0 Å². The molecule has 0 heterocycles. The molecule has 1 aromatic carbocycles. The summed E-state index contributed by atoms with van der Waals surface area (Å²) in [5.74, 6) is 0.0213. The van der Waals surface area contributed by atoms with E-state index in [0.29, 0.717) is 19.6 Å². The minimum Gasteiger partial charge on any atom is -0.355 e. The lowest BCUT2D eigenvalue weighted by Gasteiger charge is -2.14. The van der Waals surface area contributed by atoms with Crippen LogP contribution in [-0.2, 0) is 11.2 Å². The number of benzene rings is 1. The number of amides is 1. The largest absolute Gasteiger partial charge is 0.355 e. The van der Waals surface area contributed by atoms with E-state index in [1.54, 1.807) is 0 Å². The molecule has 100 valence electrons. The lowest BCUT2D eigenvalue weighted by Crippen LogP contribution is -2.38. The van der Waals surface area contributed by atoms with Crippen LogP contribution in [0, 0.1) is 0 Å². The fourth-order valence-corrected chi connectivity index (χ4v) is 1.85. The van der Waals surface area contributed by atoms with Crippen molar-refractivity contribution in [3.05, 3.63) is 34.9 Å². The van der Waals surface area contributed by atoms with Gasteiger partial charge in [-0.15, -0.1) is 0 Å². The van der Waals surface area contributed by atoms with Crippen molar-refractivity contribution < 1.29 is 4.79 Å². The van der Waals surface area contributed by atoms with Crippen molar-refractivity contribution in [3.8, 4) is 0 Å². The molecule has 0 radical (unpaired) electrons. The molecule has 0 aliphatic heterocycles. The van der Waals surface area contributed by atoms with Crippen molar-refractivity contribution in [1.29, 1.82) is 0 Å². The highest BCUT2D eigenvalue weighted by Crippen LogP contribution is 2.10. The van der Waals surface area contributed by atoms with Gasteiger partial charge >= 0.3 is 0 Å². The van der Waals surface area contributed by atoms with E-state index in [2.05, 4.69) is 5.32 Å². The number of likely N-dealkylation sites (N-methyl/N-ethyl adjacent to an activating group) is 1. The van der Waals surface area contributed by atoms with Gasteiger partial charge in [0.05, 0.1) is 6.54 Å². The zero-order valence-electron chi connectivity index (χ0n) is 10.7. The van der Waals surface area contributed by atoms with Gasteiger partial charge in [0.1, 0.15) is 0 Å². The van der Waals surface area contributed by atoms with Gasteiger partial charge in [0, 0.05) is 24.7 Å². The van der Waals surface area contributed by atoms with Crippen LogP contribution >= 0.6 is 11.6 Å². The topological polar surface area (TPSA) is 58.4 Å². The fourth-order valence-electron chi connectivity index (χ4n) is 1.64. The van der Waals surface area contributed by atoms with Crippen LogP contribution in [0.4, 0.5) is 0 Å². The van der Waals surface area contributed by atoms with E-state index in [-0.39, 0.29) is 5.91 Å². The van der Waals surface area contributed by atoms with Gasteiger partial charge in [-0.05, 0) is 31.2 Å². The number of carbonyl (C=O) groups is 1. The molecule has 3 N–H and O–H groups in total. The van der Waals surface area contributed by atoms with E-state index in [1.165, 1.54) is 0 Å². The van der Waals surface area contributed by atoms with Crippen molar-refractivity contribution in [3.63, 3.8) is 0 Å². The Morgan fingerprint density at radius 1 is 1.50 bits per heavy atom. The molecule has 0 aliphatic carbocycles. The molecule has 0 saturated heterocycles. The maximum absolute atomic E-state index is 11.6. The molecule has 0 saturated carbocycles. The Bertz CT molecular complexity index is 384. The van der Waals surface area contributed by atoms with Gasteiger partial charge in [-0.25, -0.2) is 0 Å². The number of halogens is 1. The molecule has 0 bridgehead atoms. The van der Waals surface area contributed by atoms with E-state index in [1.807, 2.05) is 36.2 Å². The number of nitrogens with one attached hydrogen (secondary N) is 1. The molecule has 0 spiro atoms. The lowest BCUT2D eigenvalue weighted by molar-refractivity contribution is -0.121. The summed E-state index contributed by atoms with van der Waals surface area (Å²) >= 11 is 5.88. The van der Waals surface area contributed by atoms with Gasteiger partial charge in [-0.3, -0.25) is 9.69 Å². The number of hydrogen-bond acceptors (Lipinski definition) is 3. The normalized spacial score (nSPS) is 10.7. The van der Waals surface area contributed by atoms with E-state index in [4.69, 9.17) is 17.3 Å². The minimum absolute atomic E-state index is 0.0213. The Hall–Kier alpha value is -1.10. The molecule has 5 heteroatoms. The fraction of sp³-hybridized carbons (Fsp3) is 0.462. The first-order chi connectivity index (χ1) is 8.61. The predicted molar refractivity (Wildman–Crippen MR) is 74.7 cm³/mol. The maximum Gasteiger partial charge on any atom is 0.234 e. The molecule has 1 rings (SSSR count). The summed E-state index contributed by atoms with van der Waals surface area (Å²) in [5, 5.41) is 3.60. The van der Waals surface area contributed by atoms with Crippen LogP contribution in [0.1, 0.15) is 5.56 Å². The highest BCUT2D eigenvalue weighted by molar-refractivity contribution is 6.30. The number of nitrogens with two attached hydrogens (primary N) is 1. The smallest absolute Gasteiger partial charge is 0.234 e. The summed E-state index contributed by atoms with van der Waals surface area (Å²) < 4.78 is 0. The Kier molecular flexibility index (Phi) is 6.72. The summed E-state index contributed by atoms with van der Waals surface area (Å²) in [4.78, 5) is 13.5. The number of rotatable bonds is 7. The van der Waals surface area contributed by atoms with E-state index in [9.17, 15) is 4.79 Å². The Balaban J connectivity index is 2.23. The third-order valence-electron chi connectivity index (χ3n) is 2.55. The zero-order chi connectivity index (χ0) is 13.4. The van der Waals surface area contributed by atoms with Crippen LogP contribution in [-0.4, -0.2) is 44.0 Å². The molecule has 1 amide bonds. The number of carbonyl (C=O) groups excluding carboxylic acids is 1. The van der Waals surface area contributed by atoms with Gasteiger partial charge in [0.2, 0.25) is 5.91 Å². The third-order valence-corrected chi connectivity index (χ3v) is 2.78. The number of nitrogens with zero attached hydrogens (tertiary/aromatic N) is 1. The minimum atomic E-state index is 0.0213. The molecule has 0 unspecified atom stereocenters. The summed E-state index contributed by atoms with van der Waals surface area (Å²) in [6.07, 6.45) is 0.785. The Morgan fingerprint density at radius 2 is 2.28 bits per heavy atom. The molecule has 0 aromatic heterocycles. The zero-order valence-corrected chi connectivity index (χ0v) is 11.4. The first-order valence-corrected chi connectivity index (χ1v) is 6.39. The second kappa shape index (κ2) is 8.08. The van der Waals surface area contributed by atoms with Crippen molar-refractivity contribution in [2.24, 2.45) is 5.73 Å². The molecule has 0 atom stereocenters. The van der Waals surface area contributed by atoms with E-state index >= 15 is 0 Å². The van der Waals surface area contributed by atoms with Crippen molar-refractivity contribution in [1.82, 2.24) is 10.2 Å².